The highest BCUT2D eigenvalue weighted by Gasteiger charge is 2.48. The first-order chi connectivity index (χ1) is 18.0. The monoisotopic (exact) mass is 611 g/mol. The summed E-state index contributed by atoms with van der Waals surface area (Å²) in [7, 11) is 1.51. The van der Waals surface area contributed by atoms with Gasteiger partial charge in [-0.05, 0) is 64.4 Å². The van der Waals surface area contributed by atoms with Gasteiger partial charge in [0, 0.05) is 11.3 Å². The van der Waals surface area contributed by atoms with Crippen molar-refractivity contribution in [3.63, 3.8) is 0 Å². The fourth-order valence-corrected chi connectivity index (χ4v) is 7.02. The average molecular weight is 612 g/mol. The van der Waals surface area contributed by atoms with Crippen LogP contribution in [-0.2, 0) is 12.8 Å². The van der Waals surface area contributed by atoms with E-state index in [1.165, 1.54) is 18.4 Å². The Balaban J connectivity index is 1.48. The second-order valence-electron chi connectivity index (χ2n) is 9.59. The predicted octanol–water partition coefficient (Wildman–Crippen LogP) is 5.85. The van der Waals surface area contributed by atoms with Crippen LogP contribution < -0.4 is 21.1 Å². The maximum atomic E-state index is 14.1. The van der Waals surface area contributed by atoms with E-state index in [-0.39, 0.29) is 33.0 Å². The number of hydrogen-bond donors (Lipinski definition) is 3. The van der Waals surface area contributed by atoms with Crippen LogP contribution in [0.25, 0.3) is 0 Å². The van der Waals surface area contributed by atoms with Gasteiger partial charge in [-0.15, -0.1) is 11.3 Å². The average Bonchev–Trinajstić information content (AvgIpc) is 3.39. The molecule has 1 aromatic carbocycles. The van der Waals surface area contributed by atoms with Crippen molar-refractivity contribution >= 4 is 49.9 Å². The summed E-state index contributed by atoms with van der Waals surface area (Å²) in [5.74, 6) is -0.335. The Morgan fingerprint density at radius 3 is 2.63 bits per heavy atom. The van der Waals surface area contributed by atoms with Gasteiger partial charge in [-0.25, -0.2) is 4.68 Å². The molecule has 2 amide bonds. The molecule has 8 nitrogen and oxygen atoms in total. The zero-order chi connectivity index (χ0) is 27.4. The van der Waals surface area contributed by atoms with E-state index in [1.54, 1.807) is 24.3 Å². The van der Waals surface area contributed by atoms with Crippen LogP contribution in [0.3, 0.4) is 0 Å². The van der Waals surface area contributed by atoms with Gasteiger partial charge in [-0.2, -0.15) is 18.3 Å². The summed E-state index contributed by atoms with van der Waals surface area (Å²) in [6.45, 7) is 2.11. The number of benzene rings is 1. The van der Waals surface area contributed by atoms with E-state index in [2.05, 4.69) is 38.6 Å². The summed E-state index contributed by atoms with van der Waals surface area (Å²) in [4.78, 5) is 26.5. The maximum absolute atomic E-state index is 14.1. The van der Waals surface area contributed by atoms with Gasteiger partial charge in [-0.1, -0.05) is 19.1 Å². The number of halogens is 4. The molecule has 3 aromatic rings. The number of aromatic nitrogens is 2. The van der Waals surface area contributed by atoms with Crippen LogP contribution in [0.5, 0.6) is 5.75 Å². The van der Waals surface area contributed by atoms with Gasteiger partial charge in [0.2, 0.25) is 0 Å². The van der Waals surface area contributed by atoms with Crippen LogP contribution in [0.2, 0.25) is 0 Å². The Labute approximate surface area is 228 Å². The van der Waals surface area contributed by atoms with E-state index in [9.17, 15) is 22.8 Å². The standard InChI is InChI=1S/C25H25BrF3N5O3S/c1-11-3-8-14-16(9-11)38-24(18(14)21(30)35)32-23(36)20-19(26)22-31-15(12-4-6-13(37-2)7-5-12)10-17(25(27,28)29)34(22)33-20/h4-7,11,15,17,31H,3,8-10H2,1-2H3,(H2,30,35)(H,32,36)/t11-,15+,17+/m1/s1. The minimum absolute atomic E-state index is 0.0407. The summed E-state index contributed by atoms with van der Waals surface area (Å²) in [6.07, 6.45) is -2.59. The molecule has 13 heteroatoms. The van der Waals surface area contributed by atoms with Crippen molar-refractivity contribution in [2.75, 3.05) is 17.7 Å². The lowest BCUT2D eigenvalue weighted by Crippen LogP contribution is -2.35. The molecule has 0 saturated carbocycles. The van der Waals surface area contributed by atoms with Gasteiger partial charge >= 0.3 is 6.18 Å². The van der Waals surface area contributed by atoms with Crippen molar-refractivity contribution in [3.05, 3.63) is 56.0 Å². The number of nitrogens with zero attached hydrogens (tertiary/aromatic N) is 2. The number of carbonyl (C=O) groups excluding carboxylic acids is 2. The zero-order valence-electron chi connectivity index (χ0n) is 20.5. The number of nitrogens with two attached hydrogens (primary N) is 1. The van der Waals surface area contributed by atoms with E-state index >= 15 is 0 Å². The lowest BCUT2D eigenvalue weighted by molar-refractivity contribution is -0.173. The molecule has 3 atom stereocenters. The van der Waals surface area contributed by atoms with E-state index in [0.717, 1.165) is 28.0 Å². The lowest BCUT2D eigenvalue weighted by Gasteiger charge is -2.33. The van der Waals surface area contributed by atoms with Gasteiger partial charge < -0.3 is 21.1 Å². The van der Waals surface area contributed by atoms with E-state index in [4.69, 9.17) is 10.5 Å². The molecule has 5 rings (SSSR count). The Kier molecular flexibility index (Phi) is 6.93. The number of anilines is 2. The SMILES string of the molecule is COc1ccc([C@@H]2C[C@@H](C(F)(F)F)n3nc(C(=O)Nc4sc5c(c4C(N)=O)CC[C@@H](C)C5)c(Br)c3N2)cc1. The van der Waals surface area contributed by atoms with Crippen LogP contribution >= 0.6 is 27.3 Å². The largest absolute Gasteiger partial charge is 0.497 e. The molecular weight excluding hydrogens is 587 g/mol. The molecule has 3 heterocycles. The van der Waals surface area contributed by atoms with Gasteiger partial charge in [-0.3, -0.25) is 9.59 Å². The first-order valence-corrected chi connectivity index (χ1v) is 13.6. The van der Waals surface area contributed by atoms with Crippen molar-refractivity contribution in [3.8, 4) is 5.75 Å². The molecule has 4 N–H and O–H groups in total. The molecular formula is C25H25BrF3N5O3S. The number of amides is 2. The van der Waals surface area contributed by atoms with Crippen LogP contribution in [0.15, 0.2) is 28.7 Å². The van der Waals surface area contributed by atoms with E-state index in [0.29, 0.717) is 23.7 Å². The number of fused-ring (bicyclic) bond motifs is 2. The summed E-state index contributed by atoms with van der Waals surface area (Å²) < 4.78 is 48.5. The number of rotatable bonds is 5. The first kappa shape index (κ1) is 26.5. The number of thiophene rings is 1. The molecule has 0 fully saturated rings. The predicted molar refractivity (Wildman–Crippen MR) is 141 cm³/mol. The molecule has 2 aliphatic rings. The van der Waals surface area contributed by atoms with Crippen molar-refractivity contribution in [1.82, 2.24) is 9.78 Å². The van der Waals surface area contributed by atoms with Crippen molar-refractivity contribution < 1.29 is 27.5 Å². The van der Waals surface area contributed by atoms with Gasteiger partial charge in [0.15, 0.2) is 11.7 Å². The van der Waals surface area contributed by atoms with Gasteiger partial charge in [0.25, 0.3) is 11.8 Å². The van der Waals surface area contributed by atoms with Crippen molar-refractivity contribution in [2.24, 2.45) is 11.7 Å². The molecule has 0 unspecified atom stereocenters. The Hall–Kier alpha value is -3.06. The second-order valence-corrected chi connectivity index (χ2v) is 11.5. The van der Waals surface area contributed by atoms with Crippen LogP contribution in [0.4, 0.5) is 24.0 Å². The number of methoxy groups -OCH3 is 1. The number of alkyl halides is 3. The summed E-state index contributed by atoms with van der Waals surface area (Å²) >= 11 is 4.57. The maximum Gasteiger partial charge on any atom is 0.410 e. The Morgan fingerprint density at radius 2 is 2.00 bits per heavy atom. The number of ether oxygens (including phenoxy) is 1. The zero-order valence-corrected chi connectivity index (χ0v) is 22.9. The summed E-state index contributed by atoms with van der Waals surface area (Å²) in [5.41, 5.74) is 7.14. The number of hydrogen-bond acceptors (Lipinski definition) is 6. The third kappa shape index (κ3) is 4.77. The number of carbonyl (C=O) groups is 2. The van der Waals surface area contributed by atoms with E-state index < -0.39 is 30.1 Å². The molecule has 2 aromatic heterocycles. The Bertz CT molecular complexity index is 1400. The summed E-state index contributed by atoms with van der Waals surface area (Å²) in [6, 6.07) is 4.11. The smallest absolute Gasteiger partial charge is 0.410 e. The molecule has 1 aliphatic heterocycles. The van der Waals surface area contributed by atoms with Gasteiger partial charge in [0.1, 0.15) is 16.6 Å². The third-order valence-electron chi connectivity index (χ3n) is 7.01. The highest BCUT2D eigenvalue weighted by atomic mass is 79.9. The fourth-order valence-electron chi connectivity index (χ4n) is 5.05. The quantitative estimate of drug-likeness (QED) is 0.335. The first-order valence-electron chi connectivity index (χ1n) is 12.0. The van der Waals surface area contributed by atoms with Crippen molar-refractivity contribution in [1.29, 1.82) is 0 Å². The van der Waals surface area contributed by atoms with E-state index in [1.807, 2.05) is 0 Å². The minimum atomic E-state index is -4.61. The molecule has 0 bridgehead atoms. The van der Waals surface area contributed by atoms with Crippen LogP contribution in [0.1, 0.15) is 68.7 Å². The van der Waals surface area contributed by atoms with Gasteiger partial charge in [0.05, 0.1) is 23.2 Å². The highest BCUT2D eigenvalue weighted by molar-refractivity contribution is 9.10. The molecule has 0 saturated heterocycles. The molecule has 0 radical (unpaired) electrons. The third-order valence-corrected chi connectivity index (χ3v) is 8.93. The normalized spacial score (nSPS) is 20.7. The molecule has 0 spiro atoms. The van der Waals surface area contributed by atoms with Crippen LogP contribution in [-0.4, -0.2) is 34.9 Å². The molecule has 38 heavy (non-hydrogen) atoms. The summed E-state index contributed by atoms with van der Waals surface area (Å²) in [5, 5.41) is 10.1. The lowest BCUT2D eigenvalue weighted by atomic mass is 9.88. The number of primary amides is 1. The second kappa shape index (κ2) is 9.92. The highest BCUT2D eigenvalue weighted by Crippen LogP contribution is 2.47. The van der Waals surface area contributed by atoms with Crippen molar-refractivity contribution in [2.45, 2.75) is 50.9 Å². The minimum Gasteiger partial charge on any atom is -0.497 e. The topological polar surface area (TPSA) is 111 Å². The fraction of sp³-hybridized carbons (Fsp3) is 0.400. The molecule has 202 valence electrons. The van der Waals surface area contributed by atoms with Crippen LogP contribution in [0, 0.1) is 5.92 Å². The Morgan fingerprint density at radius 1 is 1.29 bits per heavy atom. The number of nitrogens with one attached hydrogen (secondary N) is 2. The molecule has 1 aliphatic carbocycles.